The summed E-state index contributed by atoms with van der Waals surface area (Å²) in [6.07, 6.45) is 7.20. The molecule has 1 amide bonds. The van der Waals surface area contributed by atoms with Gasteiger partial charge in [-0.3, -0.25) is 9.78 Å². The van der Waals surface area contributed by atoms with Crippen LogP contribution in [0.25, 0.3) is 6.08 Å². The Morgan fingerprint density at radius 2 is 2.14 bits per heavy atom. The number of nitrogens with zero attached hydrogens (tertiary/aromatic N) is 2. The van der Waals surface area contributed by atoms with Crippen LogP contribution in [0.4, 0.5) is 0 Å². The first kappa shape index (κ1) is 15.2. The number of hydrogen-bond acceptors (Lipinski definition) is 3. The van der Waals surface area contributed by atoms with Gasteiger partial charge in [0.05, 0.1) is 0 Å². The summed E-state index contributed by atoms with van der Waals surface area (Å²) >= 11 is 0. The molecule has 1 saturated heterocycles. The molecule has 21 heavy (non-hydrogen) atoms. The quantitative estimate of drug-likeness (QED) is 0.864. The number of piperidine rings is 1. The van der Waals surface area contributed by atoms with E-state index in [-0.39, 0.29) is 5.91 Å². The van der Waals surface area contributed by atoms with Gasteiger partial charge in [0, 0.05) is 30.9 Å². The van der Waals surface area contributed by atoms with Gasteiger partial charge in [-0.2, -0.15) is 0 Å². The molecule has 1 aliphatic heterocycles. The third kappa shape index (κ3) is 3.90. The smallest absolute Gasteiger partial charge is 0.328 e. The van der Waals surface area contributed by atoms with E-state index in [1.165, 1.54) is 6.08 Å². The van der Waals surface area contributed by atoms with E-state index in [4.69, 9.17) is 5.11 Å². The molecule has 0 radical (unpaired) electrons. The van der Waals surface area contributed by atoms with E-state index in [0.717, 1.165) is 38.4 Å². The molecule has 2 heterocycles. The fourth-order valence-electron chi connectivity index (χ4n) is 2.59. The summed E-state index contributed by atoms with van der Waals surface area (Å²) in [5, 5.41) is 8.71. The molecule has 1 aliphatic rings. The van der Waals surface area contributed by atoms with Crippen LogP contribution in [0.5, 0.6) is 0 Å². The molecule has 1 aromatic rings. The fourth-order valence-corrected chi connectivity index (χ4v) is 2.59. The standard InChI is InChI=1S/C16H20N2O3/c1-2-12-7-10-18(11-8-12)16(21)15-13(4-3-9-17-15)5-6-14(19)20/h3-6,9,12H,2,7-8,10-11H2,1H3,(H,19,20)/b6-5+. The van der Waals surface area contributed by atoms with E-state index in [1.807, 2.05) is 4.90 Å². The van der Waals surface area contributed by atoms with Gasteiger partial charge in [-0.05, 0) is 30.9 Å². The Kier molecular flexibility index (Phi) is 5.09. The number of carbonyl (C=O) groups excluding carboxylic acids is 1. The highest BCUT2D eigenvalue weighted by Gasteiger charge is 2.24. The van der Waals surface area contributed by atoms with Crippen molar-refractivity contribution in [1.82, 2.24) is 9.88 Å². The SMILES string of the molecule is CCC1CCN(C(=O)c2ncccc2/C=C/C(=O)O)CC1. The summed E-state index contributed by atoms with van der Waals surface area (Å²) in [7, 11) is 0. The van der Waals surface area contributed by atoms with Crippen LogP contribution in [0.1, 0.15) is 42.2 Å². The Morgan fingerprint density at radius 3 is 2.76 bits per heavy atom. The first-order valence-electron chi connectivity index (χ1n) is 7.27. The lowest BCUT2D eigenvalue weighted by molar-refractivity contribution is -0.131. The lowest BCUT2D eigenvalue weighted by Gasteiger charge is -2.31. The van der Waals surface area contributed by atoms with Crippen LogP contribution in [-0.2, 0) is 4.79 Å². The number of amides is 1. The summed E-state index contributed by atoms with van der Waals surface area (Å²) in [4.78, 5) is 29.1. The lowest BCUT2D eigenvalue weighted by atomic mass is 9.94. The van der Waals surface area contributed by atoms with Gasteiger partial charge in [-0.25, -0.2) is 4.79 Å². The molecule has 1 fully saturated rings. The van der Waals surface area contributed by atoms with Crippen molar-refractivity contribution in [2.75, 3.05) is 13.1 Å². The molecule has 0 aliphatic carbocycles. The third-order valence-corrected chi connectivity index (χ3v) is 3.93. The number of likely N-dealkylation sites (tertiary alicyclic amines) is 1. The van der Waals surface area contributed by atoms with Crippen LogP contribution in [0.2, 0.25) is 0 Å². The minimum atomic E-state index is -1.04. The number of carbonyl (C=O) groups is 2. The van der Waals surface area contributed by atoms with Gasteiger partial charge in [0.2, 0.25) is 0 Å². The zero-order chi connectivity index (χ0) is 15.2. The fraction of sp³-hybridized carbons (Fsp3) is 0.438. The number of aliphatic carboxylic acids is 1. The summed E-state index contributed by atoms with van der Waals surface area (Å²) in [5.41, 5.74) is 0.868. The predicted molar refractivity (Wildman–Crippen MR) is 79.8 cm³/mol. The Balaban J connectivity index is 2.14. The van der Waals surface area contributed by atoms with Crippen LogP contribution in [0.15, 0.2) is 24.4 Å². The van der Waals surface area contributed by atoms with Crippen molar-refractivity contribution in [2.24, 2.45) is 5.92 Å². The molecular formula is C16H20N2O3. The van der Waals surface area contributed by atoms with Gasteiger partial charge in [-0.15, -0.1) is 0 Å². The van der Waals surface area contributed by atoms with E-state index in [0.29, 0.717) is 17.2 Å². The Morgan fingerprint density at radius 1 is 1.43 bits per heavy atom. The van der Waals surface area contributed by atoms with E-state index in [9.17, 15) is 9.59 Å². The zero-order valence-electron chi connectivity index (χ0n) is 12.2. The average molecular weight is 288 g/mol. The van der Waals surface area contributed by atoms with Crippen LogP contribution < -0.4 is 0 Å². The van der Waals surface area contributed by atoms with Crippen molar-refractivity contribution >= 4 is 18.0 Å². The molecule has 0 spiro atoms. The van der Waals surface area contributed by atoms with Crippen molar-refractivity contribution in [3.8, 4) is 0 Å². The van der Waals surface area contributed by atoms with Gasteiger partial charge in [0.15, 0.2) is 0 Å². The van der Waals surface area contributed by atoms with Crippen LogP contribution in [0, 0.1) is 5.92 Å². The van der Waals surface area contributed by atoms with Crippen LogP contribution >= 0.6 is 0 Å². The summed E-state index contributed by atoms with van der Waals surface area (Å²) < 4.78 is 0. The molecule has 0 saturated carbocycles. The number of carboxylic acid groups (broad SMARTS) is 1. The van der Waals surface area contributed by atoms with Crippen molar-refractivity contribution in [3.63, 3.8) is 0 Å². The molecule has 0 bridgehead atoms. The number of aromatic nitrogens is 1. The maximum Gasteiger partial charge on any atom is 0.328 e. The van der Waals surface area contributed by atoms with E-state index < -0.39 is 5.97 Å². The molecule has 2 rings (SSSR count). The molecule has 0 aromatic carbocycles. The number of pyridine rings is 1. The molecule has 5 nitrogen and oxygen atoms in total. The molecule has 1 aromatic heterocycles. The topological polar surface area (TPSA) is 70.5 Å². The second-order valence-electron chi connectivity index (χ2n) is 5.26. The van der Waals surface area contributed by atoms with E-state index >= 15 is 0 Å². The Labute approximate surface area is 124 Å². The highest BCUT2D eigenvalue weighted by Crippen LogP contribution is 2.22. The minimum absolute atomic E-state index is 0.116. The normalized spacial score (nSPS) is 16.3. The largest absolute Gasteiger partial charge is 0.478 e. The van der Waals surface area contributed by atoms with Crippen LogP contribution in [-0.4, -0.2) is 40.0 Å². The first-order valence-corrected chi connectivity index (χ1v) is 7.27. The zero-order valence-corrected chi connectivity index (χ0v) is 12.2. The minimum Gasteiger partial charge on any atom is -0.478 e. The molecular weight excluding hydrogens is 268 g/mol. The summed E-state index contributed by atoms with van der Waals surface area (Å²) in [6.45, 7) is 3.67. The van der Waals surface area contributed by atoms with E-state index in [2.05, 4.69) is 11.9 Å². The molecule has 0 atom stereocenters. The lowest BCUT2D eigenvalue weighted by Crippen LogP contribution is -2.39. The maximum absolute atomic E-state index is 12.5. The second kappa shape index (κ2) is 7.02. The third-order valence-electron chi connectivity index (χ3n) is 3.93. The van der Waals surface area contributed by atoms with Gasteiger partial charge in [0.25, 0.3) is 5.91 Å². The Bertz CT molecular complexity index is 546. The van der Waals surface area contributed by atoms with Gasteiger partial charge in [-0.1, -0.05) is 19.4 Å². The van der Waals surface area contributed by atoms with Gasteiger partial charge >= 0.3 is 5.97 Å². The molecule has 0 unspecified atom stereocenters. The Hall–Kier alpha value is -2.17. The van der Waals surface area contributed by atoms with Crippen molar-refractivity contribution in [3.05, 3.63) is 35.7 Å². The molecule has 112 valence electrons. The monoisotopic (exact) mass is 288 g/mol. The number of carboxylic acids is 1. The second-order valence-corrected chi connectivity index (χ2v) is 5.26. The number of hydrogen-bond donors (Lipinski definition) is 1. The highest BCUT2D eigenvalue weighted by molar-refractivity contribution is 5.97. The van der Waals surface area contributed by atoms with E-state index in [1.54, 1.807) is 18.3 Å². The van der Waals surface area contributed by atoms with Crippen molar-refractivity contribution in [1.29, 1.82) is 0 Å². The maximum atomic E-state index is 12.5. The van der Waals surface area contributed by atoms with Crippen LogP contribution in [0.3, 0.4) is 0 Å². The van der Waals surface area contributed by atoms with Crippen molar-refractivity contribution < 1.29 is 14.7 Å². The average Bonchev–Trinajstić information content (AvgIpc) is 2.52. The summed E-state index contributed by atoms with van der Waals surface area (Å²) in [5.74, 6) is -0.458. The van der Waals surface area contributed by atoms with Gasteiger partial charge in [0.1, 0.15) is 5.69 Å². The first-order chi connectivity index (χ1) is 10.1. The number of rotatable bonds is 4. The highest BCUT2D eigenvalue weighted by atomic mass is 16.4. The summed E-state index contributed by atoms with van der Waals surface area (Å²) in [6, 6.07) is 3.40. The van der Waals surface area contributed by atoms with Crippen molar-refractivity contribution in [2.45, 2.75) is 26.2 Å². The predicted octanol–water partition coefficient (Wildman–Crippen LogP) is 2.44. The molecule has 5 heteroatoms. The molecule has 1 N–H and O–H groups in total. The van der Waals surface area contributed by atoms with Gasteiger partial charge < -0.3 is 10.0 Å².